The molecule has 4 nitrogen and oxygen atoms in total. The summed E-state index contributed by atoms with van der Waals surface area (Å²) in [4.78, 5) is 10.7. The summed E-state index contributed by atoms with van der Waals surface area (Å²) in [6.45, 7) is 4.24. The number of carboxylic acid groups (broad SMARTS) is 1. The van der Waals surface area contributed by atoms with E-state index in [1.54, 1.807) is 6.07 Å². The van der Waals surface area contributed by atoms with Gasteiger partial charge in [-0.1, -0.05) is 56.1 Å². The van der Waals surface area contributed by atoms with Crippen molar-refractivity contribution >= 4 is 5.97 Å². The molecule has 0 radical (unpaired) electrons. The molecule has 1 aromatic rings. The zero-order chi connectivity index (χ0) is 18.2. The number of aromatic carboxylic acids is 1. The van der Waals surface area contributed by atoms with Crippen LogP contribution in [-0.2, 0) is 0 Å². The van der Waals surface area contributed by atoms with E-state index in [1.165, 1.54) is 31.7 Å². The van der Waals surface area contributed by atoms with E-state index in [1.807, 2.05) is 6.08 Å². The van der Waals surface area contributed by atoms with Crippen LogP contribution < -0.4 is 4.74 Å². The second kappa shape index (κ2) is 14.1. The van der Waals surface area contributed by atoms with Gasteiger partial charge in [0.1, 0.15) is 0 Å². The van der Waals surface area contributed by atoms with Gasteiger partial charge in [0.25, 0.3) is 5.95 Å². The van der Waals surface area contributed by atoms with Crippen molar-refractivity contribution in [3.63, 3.8) is 0 Å². The number of furan rings is 1. The summed E-state index contributed by atoms with van der Waals surface area (Å²) < 4.78 is 10.4. The minimum absolute atomic E-state index is 0.0863. The Bertz CT molecular complexity index is 540. The smallest absolute Gasteiger partial charge is 0.371 e. The summed E-state index contributed by atoms with van der Waals surface area (Å²) >= 11 is 0. The van der Waals surface area contributed by atoms with Gasteiger partial charge in [0.2, 0.25) is 5.76 Å². The molecule has 0 aliphatic rings. The third kappa shape index (κ3) is 11.0. The van der Waals surface area contributed by atoms with Gasteiger partial charge in [-0.3, -0.25) is 0 Å². The standard InChI is InChI=1S/C21H30O4/c1-2-3-4-5-6-7-8-9-10-11-12-13-14-15-18-24-20-17-16-19(25-20)21(22)23/h2,4-5,7-8,16-17H,1,3,6,9-15,18H2,(H,22,23)/b5-4+,8-7+. The number of hydrogen-bond acceptors (Lipinski definition) is 3. The van der Waals surface area contributed by atoms with Gasteiger partial charge >= 0.3 is 5.97 Å². The van der Waals surface area contributed by atoms with Gasteiger partial charge in [-0.15, -0.1) is 6.58 Å². The Balaban J connectivity index is 1.87. The monoisotopic (exact) mass is 346 g/mol. The van der Waals surface area contributed by atoms with Crippen molar-refractivity contribution in [3.05, 3.63) is 54.9 Å². The number of carbonyl (C=O) groups is 1. The number of carboxylic acids is 1. The fraction of sp³-hybridized carbons (Fsp3) is 0.476. The van der Waals surface area contributed by atoms with E-state index in [9.17, 15) is 4.79 Å². The molecule has 0 aromatic carbocycles. The number of rotatable bonds is 15. The highest BCUT2D eigenvalue weighted by atomic mass is 16.6. The Morgan fingerprint density at radius 3 is 2.40 bits per heavy atom. The maximum Gasteiger partial charge on any atom is 0.371 e. The molecular formula is C21H30O4. The zero-order valence-corrected chi connectivity index (χ0v) is 15.0. The lowest BCUT2D eigenvalue weighted by Gasteiger charge is -2.03. The van der Waals surface area contributed by atoms with E-state index >= 15 is 0 Å². The van der Waals surface area contributed by atoms with Crippen molar-refractivity contribution < 1.29 is 19.1 Å². The molecule has 0 aliphatic carbocycles. The highest BCUT2D eigenvalue weighted by Gasteiger charge is 2.09. The molecule has 0 atom stereocenters. The molecule has 0 bridgehead atoms. The lowest BCUT2D eigenvalue weighted by Crippen LogP contribution is -1.96. The van der Waals surface area contributed by atoms with Gasteiger partial charge in [-0.25, -0.2) is 4.79 Å². The number of unbranched alkanes of at least 4 members (excludes halogenated alkanes) is 6. The summed E-state index contributed by atoms with van der Waals surface area (Å²) in [7, 11) is 0. The molecule has 1 rings (SSSR count). The number of hydrogen-bond donors (Lipinski definition) is 1. The van der Waals surface area contributed by atoms with Crippen molar-refractivity contribution in [3.8, 4) is 5.95 Å². The van der Waals surface area contributed by atoms with Gasteiger partial charge in [0, 0.05) is 6.07 Å². The largest absolute Gasteiger partial charge is 0.475 e. The van der Waals surface area contributed by atoms with Gasteiger partial charge < -0.3 is 14.3 Å². The van der Waals surface area contributed by atoms with Gasteiger partial charge in [0.05, 0.1) is 6.61 Å². The minimum atomic E-state index is -1.08. The minimum Gasteiger partial charge on any atom is -0.475 e. The topological polar surface area (TPSA) is 59.7 Å². The third-order valence-corrected chi connectivity index (χ3v) is 3.71. The normalized spacial score (nSPS) is 11.4. The van der Waals surface area contributed by atoms with Crippen molar-refractivity contribution in [2.45, 2.75) is 57.8 Å². The molecule has 0 aliphatic heterocycles. The molecule has 0 unspecified atom stereocenters. The third-order valence-electron chi connectivity index (χ3n) is 3.71. The van der Waals surface area contributed by atoms with Crippen molar-refractivity contribution in [1.82, 2.24) is 0 Å². The first-order valence-electron chi connectivity index (χ1n) is 9.11. The van der Waals surface area contributed by atoms with E-state index in [2.05, 4.69) is 30.9 Å². The fourth-order valence-corrected chi connectivity index (χ4v) is 2.34. The molecule has 0 spiro atoms. The molecule has 0 amide bonds. The van der Waals surface area contributed by atoms with Crippen molar-refractivity contribution in [2.24, 2.45) is 0 Å². The Hall–Kier alpha value is -2.23. The van der Waals surface area contributed by atoms with Crippen molar-refractivity contribution in [2.75, 3.05) is 6.61 Å². The Morgan fingerprint density at radius 1 is 1.00 bits per heavy atom. The highest BCUT2D eigenvalue weighted by molar-refractivity contribution is 5.84. The Kier molecular flexibility index (Phi) is 11.8. The maximum atomic E-state index is 10.7. The van der Waals surface area contributed by atoms with Crippen LogP contribution in [0.1, 0.15) is 68.3 Å². The van der Waals surface area contributed by atoms with Crippen LogP contribution in [0.2, 0.25) is 0 Å². The average molecular weight is 346 g/mol. The van der Waals surface area contributed by atoms with Gasteiger partial charge in [0.15, 0.2) is 0 Å². The maximum absolute atomic E-state index is 10.7. The Morgan fingerprint density at radius 2 is 1.68 bits per heavy atom. The summed E-state index contributed by atoms with van der Waals surface area (Å²) in [6, 6.07) is 2.95. The first kappa shape index (κ1) is 20.8. The second-order valence-electron chi connectivity index (χ2n) is 5.89. The quantitative estimate of drug-likeness (QED) is 0.305. The molecule has 0 saturated heterocycles. The van der Waals surface area contributed by atoms with Crippen LogP contribution >= 0.6 is 0 Å². The van der Waals surface area contributed by atoms with E-state index in [0.29, 0.717) is 6.61 Å². The summed E-state index contributed by atoms with van der Waals surface area (Å²) in [5, 5.41) is 8.74. The first-order valence-corrected chi connectivity index (χ1v) is 9.11. The molecule has 4 heteroatoms. The SMILES string of the molecule is C=CC/C=C/C/C=C/CCCCCCCCOc1ccc(C(=O)O)o1. The second-order valence-corrected chi connectivity index (χ2v) is 5.89. The van der Waals surface area contributed by atoms with Crippen LogP contribution in [0.3, 0.4) is 0 Å². The van der Waals surface area contributed by atoms with Crippen LogP contribution in [0.5, 0.6) is 5.95 Å². The van der Waals surface area contributed by atoms with Crippen LogP contribution in [0.4, 0.5) is 0 Å². The summed E-state index contributed by atoms with van der Waals surface area (Å²) in [5.41, 5.74) is 0. The molecule has 1 aromatic heterocycles. The van der Waals surface area contributed by atoms with Crippen LogP contribution in [0.25, 0.3) is 0 Å². The summed E-state index contributed by atoms with van der Waals surface area (Å²) in [5.74, 6) is -0.880. The molecular weight excluding hydrogens is 316 g/mol. The lowest BCUT2D eigenvalue weighted by molar-refractivity contribution is 0.0653. The molecule has 1 N–H and O–H groups in total. The first-order chi connectivity index (χ1) is 12.2. The molecule has 25 heavy (non-hydrogen) atoms. The van der Waals surface area contributed by atoms with Gasteiger partial charge in [-0.05, 0) is 38.2 Å². The fourth-order valence-electron chi connectivity index (χ4n) is 2.34. The lowest BCUT2D eigenvalue weighted by atomic mass is 10.1. The van der Waals surface area contributed by atoms with Crippen LogP contribution in [0.15, 0.2) is 53.5 Å². The molecule has 138 valence electrons. The van der Waals surface area contributed by atoms with E-state index in [4.69, 9.17) is 14.3 Å². The molecule has 1 heterocycles. The van der Waals surface area contributed by atoms with Crippen LogP contribution in [0, 0.1) is 0 Å². The van der Waals surface area contributed by atoms with E-state index in [-0.39, 0.29) is 11.7 Å². The molecule has 0 fully saturated rings. The molecule has 0 saturated carbocycles. The van der Waals surface area contributed by atoms with Crippen molar-refractivity contribution in [1.29, 1.82) is 0 Å². The Labute approximate surface area is 150 Å². The van der Waals surface area contributed by atoms with E-state index in [0.717, 1.165) is 32.1 Å². The summed E-state index contributed by atoms with van der Waals surface area (Å²) in [6.07, 6.45) is 20.9. The number of allylic oxidation sites excluding steroid dienone is 5. The predicted octanol–water partition coefficient (Wildman–Crippen LogP) is 6.17. The van der Waals surface area contributed by atoms with Gasteiger partial charge in [-0.2, -0.15) is 0 Å². The highest BCUT2D eigenvalue weighted by Crippen LogP contribution is 2.16. The zero-order valence-electron chi connectivity index (χ0n) is 15.0. The average Bonchev–Trinajstić information content (AvgIpc) is 3.07. The van der Waals surface area contributed by atoms with Crippen LogP contribution in [-0.4, -0.2) is 17.7 Å². The van der Waals surface area contributed by atoms with E-state index < -0.39 is 5.97 Å². The predicted molar refractivity (Wildman–Crippen MR) is 101 cm³/mol. The number of ether oxygens (including phenoxy) is 1.